The highest BCUT2D eigenvalue weighted by Crippen LogP contribution is 2.27. The number of nitrogens with zero attached hydrogens (tertiary/aromatic N) is 1. The zero-order valence-corrected chi connectivity index (χ0v) is 11.0. The average molecular weight is 251 g/mol. The van der Waals surface area contributed by atoms with E-state index in [0.29, 0.717) is 0 Å². The third-order valence-electron chi connectivity index (χ3n) is 1.09. The zero-order chi connectivity index (χ0) is 9.99. The summed E-state index contributed by atoms with van der Waals surface area (Å²) < 4.78 is 5.33. The molecule has 74 valence electrons. The van der Waals surface area contributed by atoms with Crippen molar-refractivity contribution < 1.29 is 4.43 Å². The van der Waals surface area contributed by atoms with Crippen molar-refractivity contribution in [2.24, 2.45) is 0 Å². The van der Waals surface area contributed by atoms with E-state index in [1.54, 1.807) is 0 Å². The van der Waals surface area contributed by atoms with Crippen LogP contribution in [0.15, 0.2) is 0 Å². The maximum Gasteiger partial charge on any atom is 0.494 e. The molecule has 0 radical (unpaired) electrons. The van der Waals surface area contributed by atoms with Crippen LogP contribution in [-0.2, 0) is 4.43 Å². The first-order valence-corrected chi connectivity index (χ1v) is 8.48. The Morgan fingerprint density at radius 3 is 1.92 bits per heavy atom. The van der Waals surface area contributed by atoms with Crippen molar-refractivity contribution in [1.29, 1.82) is 0 Å². The Morgan fingerprint density at radius 1 is 1.25 bits per heavy atom. The van der Waals surface area contributed by atoms with E-state index in [2.05, 4.69) is 0 Å². The summed E-state index contributed by atoms with van der Waals surface area (Å²) in [5.74, 6) is 0. The molecule has 0 fully saturated rings. The minimum Gasteiger partial charge on any atom is -0.374 e. The third-order valence-corrected chi connectivity index (χ3v) is 2.57. The van der Waals surface area contributed by atoms with Crippen molar-refractivity contribution in [3.05, 3.63) is 0 Å². The monoisotopic (exact) mass is 249 g/mol. The first-order valence-electron chi connectivity index (χ1n) is 3.54. The van der Waals surface area contributed by atoms with E-state index in [9.17, 15) is 0 Å². The van der Waals surface area contributed by atoms with Crippen LogP contribution in [0, 0.1) is 0 Å². The molecule has 2 nitrogen and oxygen atoms in total. The van der Waals surface area contributed by atoms with E-state index in [1.807, 2.05) is 32.8 Å². The third kappa shape index (κ3) is 7.65. The van der Waals surface area contributed by atoms with Crippen molar-refractivity contribution in [3.63, 3.8) is 0 Å². The first-order chi connectivity index (χ1) is 5.12. The van der Waals surface area contributed by atoms with E-state index >= 15 is 0 Å². The van der Waals surface area contributed by atoms with Gasteiger partial charge in [-0.2, -0.15) is 0 Å². The first kappa shape index (κ1) is 13.0. The predicted octanol–water partition coefficient (Wildman–Crippen LogP) is 2.50. The van der Waals surface area contributed by atoms with E-state index in [1.165, 1.54) is 0 Å². The molecular formula is C6H14Cl3NOSi. The Labute approximate surface area is 89.0 Å². The molecule has 0 atom stereocenters. The largest absolute Gasteiger partial charge is 0.494 e. The highest BCUT2D eigenvalue weighted by molar-refractivity contribution is 7.62. The molecule has 6 heteroatoms. The fourth-order valence-electron chi connectivity index (χ4n) is 1.11. The van der Waals surface area contributed by atoms with Crippen molar-refractivity contribution >= 4 is 39.5 Å². The summed E-state index contributed by atoms with van der Waals surface area (Å²) in [6, 6.07) is 0. The number of likely N-dealkylation sites (N-methyl/N-ethyl adjacent to an activating group) is 1. The quantitative estimate of drug-likeness (QED) is 0.562. The lowest BCUT2D eigenvalue weighted by Gasteiger charge is -2.31. The SMILES string of the molecule is CN(C)CC(C)(C)O[Si](Cl)(Cl)Cl. The van der Waals surface area contributed by atoms with E-state index in [0.717, 1.165) is 6.54 Å². The molecule has 0 spiro atoms. The predicted molar refractivity (Wildman–Crippen MR) is 57.0 cm³/mol. The van der Waals surface area contributed by atoms with Gasteiger partial charge in [-0.1, -0.05) is 33.2 Å². The fourth-order valence-corrected chi connectivity index (χ4v) is 3.68. The molecule has 0 aromatic rings. The summed E-state index contributed by atoms with van der Waals surface area (Å²) in [6.45, 7) is 4.54. The molecule has 0 aliphatic rings. The molecule has 0 aliphatic heterocycles. The van der Waals surface area contributed by atoms with Gasteiger partial charge in [0.25, 0.3) is 0 Å². The van der Waals surface area contributed by atoms with Crippen LogP contribution < -0.4 is 0 Å². The topological polar surface area (TPSA) is 12.5 Å². The van der Waals surface area contributed by atoms with Gasteiger partial charge in [-0.15, -0.1) is 0 Å². The minimum atomic E-state index is -2.97. The summed E-state index contributed by atoms with van der Waals surface area (Å²) in [5.41, 5.74) is -0.402. The van der Waals surface area contributed by atoms with Crippen LogP contribution in [0.5, 0.6) is 0 Å². The van der Waals surface area contributed by atoms with Crippen molar-refractivity contribution in [3.8, 4) is 0 Å². The molecule has 0 unspecified atom stereocenters. The van der Waals surface area contributed by atoms with Crippen LogP contribution in [0.3, 0.4) is 0 Å². The lowest BCUT2D eigenvalue weighted by atomic mass is 10.1. The van der Waals surface area contributed by atoms with Crippen LogP contribution >= 0.6 is 33.2 Å². The molecule has 0 N–H and O–H groups in total. The Balaban J connectivity index is 4.04. The van der Waals surface area contributed by atoms with E-state index in [-0.39, 0.29) is 0 Å². The summed E-state index contributed by atoms with van der Waals surface area (Å²) in [7, 11) is 3.90. The Morgan fingerprint density at radius 2 is 1.67 bits per heavy atom. The Bertz CT molecular complexity index is 146. The average Bonchev–Trinajstić information content (AvgIpc) is 1.48. The summed E-state index contributed by atoms with van der Waals surface area (Å²) in [6.07, 6.45) is -2.97. The molecule has 0 amide bonds. The van der Waals surface area contributed by atoms with Crippen LogP contribution in [0.1, 0.15) is 13.8 Å². The number of halogens is 3. The van der Waals surface area contributed by atoms with Crippen LogP contribution in [-0.4, -0.2) is 37.4 Å². The highest BCUT2D eigenvalue weighted by atomic mass is 35.8. The molecule has 0 aliphatic carbocycles. The second-order valence-electron chi connectivity index (χ2n) is 3.55. The van der Waals surface area contributed by atoms with Gasteiger partial charge in [0, 0.05) is 6.54 Å². The number of rotatable bonds is 4. The normalized spacial score (nSPS) is 14.0. The molecule has 0 saturated carbocycles. The van der Waals surface area contributed by atoms with Gasteiger partial charge in [-0.25, -0.2) is 0 Å². The molecule has 0 heterocycles. The Kier molecular flexibility index (Phi) is 4.86. The second-order valence-corrected chi connectivity index (χ2v) is 11.2. The summed E-state index contributed by atoms with van der Waals surface area (Å²) in [5, 5.41) is 0. The van der Waals surface area contributed by atoms with Gasteiger partial charge < -0.3 is 9.33 Å². The van der Waals surface area contributed by atoms with E-state index < -0.39 is 11.8 Å². The lowest BCUT2D eigenvalue weighted by molar-refractivity contribution is 0.0811. The minimum absolute atomic E-state index is 0.402. The highest BCUT2D eigenvalue weighted by Gasteiger charge is 2.36. The molecule has 0 bridgehead atoms. The molecule has 0 aromatic heterocycles. The van der Waals surface area contributed by atoms with Gasteiger partial charge in [0.05, 0.1) is 5.60 Å². The van der Waals surface area contributed by atoms with Crippen molar-refractivity contribution in [2.75, 3.05) is 20.6 Å². The second kappa shape index (κ2) is 4.49. The van der Waals surface area contributed by atoms with Crippen molar-refractivity contribution in [2.45, 2.75) is 19.4 Å². The van der Waals surface area contributed by atoms with Crippen molar-refractivity contribution in [1.82, 2.24) is 4.90 Å². The molecule has 0 saturated heterocycles. The van der Waals surface area contributed by atoms with E-state index in [4.69, 9.17) is 37.7 Å². The standard InChI is InChI=1S/C6H14Cl3NOSi/c1-6(2,5-10(3)4)11-12(7,8)9/h5H2,1-4H3. The lowest BCUT2D eigenvalue weighted by Crippen LogP contribution is -2.42. The van der Waals surface area contributed by atoms with Gasteiger partial charge in [0.2, 0.25) is 0 Å². The maximum atomic E-state index is 5.63. The van der Waals surface area contributed by atoms with Crippen LogP contribution in [0.4, 0.5) is 0 Å². The van der Waals surface area contributed by atoms with Crippen LogP contribution in [0.2, 0.25) is 0 Å². The zero-order valence-electron chi connectivity index (χ0n) is 7.70. The molecule has 0 aromatic carbocycles. The maximum absolute atomic E-state index is 5.63. The molecule has 12 heavy (non-hydrogen) atoms. The van der Waals surface area contributed by atoms with Gasteiger partial charge in [0.15, 0.2) is 0 Å². The van der Waals surface area contributed by atoms with Gasteiger partial charge in [-0.3, -0.25) is 0 Å². The summed E-state index contributed by atoms with van der Waals surface area (Å²) >= 11 is 16.9. The number of hydrogen-bond acceptors (Lipinski definition) is 2. The van der Waals surface area contributed by atoms with Crippen LogP contribution in [0.25, 0.3) is 0 Å². The number of hydrogen-bond donors (Lipinski definition) is 0. The molecular weight excluding hydrogens is 237 g/mol. The van der Waals surface area contributed by atoms with Gasteiger partial charge in [0.1, 0.15) is 0 Å². The van der Waals surface area contributed by atoms with Gasteiger partial charge >= 0.3 is 6.25 Å². The summed E-state index contributed by atoms with van der Waals surface area (Å²) in [4.78, 5) is 1.99. The molecule has 0 rings (SSSR count). The Hall–Kier alpha value is 1.01. The fraction of sp³-hybridized carbons (Fsp3) is 1.00. The van der Waals surface area contributed by atoms with Gasteiger partial charge in [-0.05, 0) is 27.9 Å². The smallest absolute Gasteiger partial charge is 0.374 e.